The van der Waals surface area contributed by atoms with E-state index in [2.05, 4.69) is 5.32 Å². The van der Waals surface area contributed by atoms with E-state index in [4.69, 9.17) is 14.2 Å². The first-order chi connectivity index (χ1) is 13.3. The second kappa shape index (κ2) is 9.89. The summed E-state index contributed by atoms with van der Waals surface area (Å²) < 4.78 is 17.3. The number of hydrogen-bond acceptors (Lipinski definition) is 6. The van der Waals surface area contributed by atoms with E-state index in [0.717, 1.165) is 39.8 Å². The molecule has 1 fully saturated rings. The molecule has 0 aromatic heterocycles. The van der Waals surface area contributed by atoms with Crippen LogP contribution in [0.4, 0.5) is 4.79 Å². The number of carbonyl (C=O) groups excluding carboxylic acids is 2. The molecule has 6 nitrogen and oxygen atoms in total. The van der Waals surface area contributed by atoms with E-state index >= 15 is 0 Å². The maximum absolute atomic E-state index is 11.7. The van der Waals surface area contributed by atoms with Gasteiger partial charge >= 0.3 is 0 Å². The Morgan fingerprint density at radius 1 is 0.897 bits per heavy atom. The number of amides is 2. The normalized spacial score (nSPS) is 15.6. The molecule has 29 heavy (non-hydrogen) atoms. The first-order valence-corrected chi connectivity index (χ1v) is 9.73. The fraction of sp³-hybridized carbons (Fsp3) is 0.333. The van der Waals surface area contributed by atoms with Crippen molar-refractivity contribution in [3.05, 3.63) is 46.5 Å². The van der Waals surface area contributed by atoms with E-state index in [-0.39, 0.29) is 46.0 Å². The quantitative estimate of drug-likeness (QED) is 0.709. The van der Waals surface area contributed by atoms with Gasteiger partial charge < -0.3 is 14.2 Å². The molecule has 1 radical (unpaired) electrons. The van der Waals surface area contributed by atoms with Crippen molar-refractivity contribution in [3.8, 4) is 23.0 Å². The molecule has 1 heterocycles. The van der Waals surface area contributed by atoms with Gasteiger partial charge in [0.25, 0.3) is 5.24 Å². The van der Waals surface area contributed by atoms with Crippen molar-refractivity contribution in [2.75, 3.05) is 14.2 Å². The van der Waals surface area contributed by atoms with E-state index in [0.29, 0.717) is 23.7 Å². The molecule has 0 saturated carbocycles. The maximum atomic E-state index is 11.7. The van der Waals surface area contributed by atoms with Gasteiger partial charge in [-0.15, -0.1) is 0 Å². The summed E-state index contributed by atoms with van der Waals surface area (Å²) in [7, 11) is 3.26. The summed E-state index contributed by atoms with van der Waals surface area (Å²) in [6.45, 7) is 5.90. The second-order valence-electron chi connectivity index (χ2n) is 6.60. The molecule has 1 N–H and O–H groups in total. The predicted molar refractivity (Wildman–Crippen MR) is 115 cm³/mol. The zero-order valence-electron chi connectivity index (χ0n) is 17.5. The van der Waals surface area contributed by atoms with Gasteiger partial charge in [-0.25, -0.2) is 0 Å². The smallest absolute Gasteiger partial charge is 0.286 e. The number of benzene rings is 2. The molecule has 3 rings (SSSR count). The first kappa shape index (κ1) is 23.6. The molecule has 0 bridgehead atoms. The van der Waals surface area contributed by atoms with E-state index < -0.39 is 0 Å². The summed E-state index contributed by atoms with van der Waals surface area (Å²) in [5.74, 6) is 2.48. The van der Waals surface area contributed by atoms with Crippen LogP contribution >= 0.6 is 11.8 Å². The molecule has 2 aromatic rings. The molecule has 0 spiro atoms. The van der Waals surface area contributed by atoms with Gasteiger partial charge in [-0.3, -0.25) is 14.9 Å². The van der Waals surface area contributed by atoms with Crippen LogP contribution < -0.4 is 19.5 Å². The van der Waals surface area contributed by atoms with Crippen molar-refractivity contribution in [2.24, 2.45) is 0 Å². The van der Waals surface area contributed by atoms with Gasteiger partial charge in [0.1, 0.15) is 11.5 Å². The summed E-state index contributed by atoms with van der Waals surface area (Å²) in [5.41, 5.74) is 3.80. The second-order valence-corrected chi connectivity index (χ2v) is 7.78. The van der Waals surface area contributed by atoms with Crippen LogP contribution in [0.5, 0.6) is 23.0 Å². The Balaban J connectivity index is 0.00000300. The molecule has 1 aliphatic rings. The van der Waals surface area contributed by atoms with Gasteiger partial charge in [-0.05, 0) is 50.5 Å². The molecule has 8 heteroatoms. The Morgan fingerprint density at radius 3 is 2.00 bits per heavy atom. The minimum absolute atomic E-state index is 0. The van der Waals surface area contributed by atoms with Crippen LogP contribution in [0.15, 0.2) is 24.3 Å². The third-order valence-electron chi connectivity index (χ3n) is 4.87. The van der Waals surface area contributed by atoms with E-state index in [1.165, 1.54) is 0 Å². The number of hydrogen-bond donors (Lipinski definition) is 1. The Labute approximate surface area is 197 Å². The van der Waals surface area contributed by atoms with E-state index in [9.17, 15) is 9.59 Å². The Bertz CT molecular complexity index is 930. The van der Waals surface area contributed by atoms with Crippen molar-refractivity contribution < 1.29 is 23.8 Å². The minimum Gasteiger partial charge on any atom is -0.496 e. The van der Waals surface area contributed by atoms with Crippen LogP contribution in [0.3, 0.4) is 0 Å². The Morgan fingerprint density at radius 2 is 1.48 bits per heavy atom. The van der Waals surface area contributed by atoms with Crippen molar-refractivity contribution >= 4 is 52.5 Å². The molecule has 1 saturated heterocycles. The molecular weight excluding hydrogens is 401 g/mol. The van der Waals surface area contributed by atoms with Gasteiger partial charge in [0.05, 0.1) is 19.5 Å². The van der Waals surface area contributed by atoms with Gasteiger partial charge in [0.15, 0.2) is 11.5 Å². The standard InChI is InChI=1S/C21H23NO5S.Na/c1-11-12(2)18(26-5)19(13(3)17(11)25-4)27-15-8-6-14(7-9-15)10-16-20(23)22-21(24)28-16;/h6-9,16H,10H2,1-5H3,(H,22,23,24);. The van der Waals surface area contributed by atoms with Crippen molar-refractivity contribution in [1.82, 2.24) is 5.32 Å². The third kappa shape index (κ3) is 4.91. The van der Waals surface area contributed by atoms with E-state index in [1.807, 2.05) is 45.0 Å². The number of nitrogens with one attached hydrogen (secondary N) is 1. The zero-order chi connectivity index (χ0) is 20.4. The maximum Gasteiger partial charge on any atom is 0.286 e. The van der Waals surface area contributed by atoms with Crippen molar-refractivity contribution in [3.63, 3.8) is 0 Å². The molecular formula is C21H23NNaO5S. The van der Waals surface area contributed by atoms with Gasteiger partial charge in [-0.1, -0.05) is 23.9 Å². The molecule has 1 aliphatic heterocycles. The minimum atomic E-state index is -0.384. The van der Waals surface area contributed by atoms with Crippen molar-refractivity contribution in [2.45, 2.75) is 32.4 Å². The van der Waals surface area contributed by atoms with Gasteiger partial charge in [-0.2, -0.15) is 0 Å². The summed E-state index contributed by atoms with van der Waals surface area (Å²) >= 11 is 1.03. The van der Waals surface area contributed by atoms with Crippen molar-refractivity contribution in [1.29, 1.82) is 0 Å². The van der Waals surface area contributed by atoms with Crippen LogP contribution in [-0.2, 0) is 11.2 Å². The third-order valence-corrected chi connectivity index (χ3v) is 5.85. The van der Waals surface area contributed by atoms with Crippen LogP contribution in [0.1, 0.15) is 22.3 Å². The average molecular weight is 424 g/mol. The van der Waals surface area contributed by atoms with Crippen LogP contribution in [0, 0.1) is 20.8 Å². The predicted octanol–water partition coefficient (Wildman–Crippen LogP) is 3.93. The molecule has 149 valence electrons. The summed E-state index contributed by atoms with van der Waals surface area (Å²) in [5, 5.41) is 1.63. The molecule has 0 aliphatic carbocycles. The largest absolute Gasteiger partial charge is 0.496 e. The summed E-state index contributed by atoms with van der Waals surface area (Å²) in [4.78, 5) is 23.0. The summed E-state index contributed by atoms with van der Waals surface area (Å²) in [6, 6.07) is 7.47. The topological polar surface area (TPSA) is 73.9 Å². The first-order valence-electron chi connectivity index (χ1n) is 8.85. The monoisotopic (exact) mass is 424 g/mol. The number of carbonyl (C=O) groups is 2. The summed E-state index contributed by atoms with van der Waals surface area (Å²) in [6.07, 6.45) is 0.488. The number of imide groups is 1. The fourth-order valence-corrected chi connectivity index (χ4v) is 4.15. The molecule has 1 unspecified atom stereocenters. The van der Waals surface area contributed by atoms with Crippen LogP contribution in [0.25, 0.3) is 0 Å². The fourth-order valence-electron chi connectivity index (χ4n) is 3.29. The molecule has 1 atom stereocenters. The number of thioether (sulfide) groups is 1. The number of methoxy groups -OCH3 is 2. The molecule has 2 amide bonds. The number of ether oxygens (including phenoxy) is 3. The van der Waals surface area contributed by atoms with Gasteiger partial charge in [0, 0.05) is 40.7 Å². The van der Waals surface area contributed by atoms with Gasteiger partial charge in [0.2, 0.25) is 5.91 Å². The Kier molecular flexibility index (Phi) is 8.05. The number of rotatable bonds is 6. The zero-order valence-corrected chi connectivity index (χ0v) is 20.4. The Hall–Kier alpha value is -1.67. The van der Waals surface area contributed by atoms with Crippen LogP contribution in [0.2, 0.25) is 0 Å². The SMILES string of the molecule is COc1c(C)c(C)c(OC)c(Oc2ccc(CC3SC(=O)NC3=O)cc2)c1C.[Na]. The molecule has 2 aromatic carbocycles. The van der Waals surface area contributed by atoms with Crippen LogP contribution in [-0.4, -0.2) is 60.2 Å². The average Bonchev–Trinajstić information content (AvgIpc) is 2.99. The van der Waals surface area contributed by atoms with E-state index in [1.54, 1.807) is 14.2 Å².